The fraction of sp³-hybridized carbons (Fsp3) is 0.0667. The first-order valence-electron chi connectivity index (χ1n) is 6.43. The molecular formula is C15H10Cl2F3N3O. The average Bonchev–Trinajstić information content (AvgIpc) is 2.50. The fourth-order valence-corrected chi connectivity index (χ4v) is 2.19. The van der Waals surface area contributed by atoms with E-state index in [0.717, 1.165) is 18.3 Å². The number of nitrogen functional groups attached to an aromatic ring is 1. The number of hydrogen-bond donors (Lipinski definition) is 2. The molecule has 0 aliphatic heterocycles. The second-order valence-electron chi connectivity index (χ2n) is 4.67. The number of nitrogens with two attached hydrogens (primary N) is 1. The van der Waals surface area contributed by atoms with Crippen LogP contribution in [0.4, 0.5) is 18.9 Å². The van der Waals surface area contributed by atoms with Gasteiger partial charge in [0.1, 0.15) is 0 Å². The number of anilines is 1. The van der Waals surface area contributed by atoms with Gasteiger partial charge in [0.15, 0.2) is 0 Å². The Balaban J connectivity index is 2.15. The van der Waals surface area contributed by atoms with Crippen molar-refractivity contribution < 1.29 is 18.0 Å². The smallest absolute Gasteiger partial charge is 0.398 e. The van der Waals surface area contributed by atoms with Crippen LogP contribution in [0.15, 0.2) is 41.5 Å². The largest absolute Gasteiger partial charge is 0.417 e. The van der Waals surface area contributed by atoms with E-state index in [1.165, 1.54) is 24.3 Å². The van der Waals surface area contributed by atoms with Crippen LogP contribution in [0.3, 0.4) is 0 Å². The van der Waals surface area contributed by atoms with Gasteiger partial charge in [-0.15, -0.1) is 0 Å². The zero-order valence-corrected chi connectivity index (χ0v) is 13.4. The highest BCUT2D eigenvalue weighted by Gasteiger charge is 2.33. The third kappa shape index (κ3) is 4.39. The van der Waals surface area contributed by atoms with Crippen LogP contribution in [0.5, 0.6) is 0 Å². The first kappa shape index (κ1) is 18.1. The third-order valence-corrected chi connectivity index (χ3v) is 3.50. The predicted molar refractivity (Wildman–Crippen MR) is 87.4 cm³/mol. The molecule has 0 saturated carbocycles. The standard InChI is InChI=1S/C15H10Cl2F3N3O/c16-9-2-4-13(21)10(6-9)14(24)23-22-7-8-1-3-12(17)11(5-8)15(18,19)20/h1-7H,21H2,(H,23,24). The van der Waals surface area contributed by atoms with Gasteiger partial charge in [0.2, 0.25) is 0 Å². The number of halogens is 5. The molecule has 2 rings (SSSR count). The van der Waals surface area contributed by atoms with Gasteiger partial charge < -0.3 is 5.73 Å². The summed E-state index contributed by atoms with van der Waals surface area (Å²) in [6, 6.07) is 7.58. The molecule has 1 amide bonds. The monoisotopic (exact) mass is 375 g/mol. The Hall–Kier alpha value is -2.25. The number of amides is 1. The molecule has 2 aromatic carbocycles. The molecule has 0 aromatic heterocycles. The fourth-order valence-electron chi connectivity index (χ4n) is 1.79. The van der Waals surface area contributed by atoms with Gasteiger partial charge in [0.25, 0.3) is 5.91 Å². The maximum Gasteiger partial charge on any atom is 0.417 e. The molecule has 0 bridgehead atoms. The summed E-state index contributed by atoms with van der Waals surface area (Å²) in [6.07, 6.45) is -3.52. The van der Waals surface area contributed by atoms with E-state index in [9.17, 15) is 18.0 Å². The molecule has 0 atom stereocenters. The number of benzene rings is 2. The average molecular weight is 376 g/mol. The van der Waals surface area contributed by atoms with Gasteiger partial charge in [0.05, 0.1) is 22.4 Å². The summed E-state index contributed by atoms with van der Waals surface area (Å²) >= 11 is 11.3. The summed E-state index contributed by atoms with van der Waals surface area (Å²) in [5.41, 5.74) is 7.24. The van der Waals surface area contributed by atoms with Crippen molar-refractivity contribution in [1.82, 2.24) is 5.43 Å². The minimum atomic E-state index is -4.58. The minimum absolute atomic E-state index is 0.103. The molecule has 0 heterocycles. The Kier molecular flexibility index (Phi) is 5.36. The lowest BCUT2D eigenvalue weighted by Crippen LogP contribution is -2.19. The lowest BCUT2D eigenvalue weighted by molar-refractivity contribution is -0.137. The quantitative estimate of drug-likeness (QED) is 0.475. The van der Waals surface area contributed by atoms with E-state index in [1.807, 2.05) is 0 Å². The number of nitrogens with one attached hydrogen (secondary N) is 1. The molecule has 2 aromatic rings. The molecule has 9 heteroatoms. The summed E-state index contributed by atoms with van der Waals surface area (Å²) in [5, 5.41) is 3.50. The molecule has 0 spiro atoms. The zero-order valence-electron chi connectivity index (χ0n) is 11.9. The van der Waals surface area contributed by atoms with Crippen molar-refractivity contribution >= 4 is 41.0 Å². The second kappa shape index (κ2) is 7.11. The maximum absolute atomic E-state index is 12.8. The van der Waals surface area contributed by atoms with Crippen molar-refractivity contribution in [2.75, 3.05) is 5.73 Å². The number of carbonyl (C=O) groups excluding carboxylic acids is 1. The summed E-state index contributed by atoms with van der Waals surface area (Å²) in [4.78, 5) is 11.9. The van der Waals surface area contributed by atoms with Crippen molar-refractivity contribution in [3.63, 3.8) is 0 Å². The van der Waals surface area contributed by atoms with Gasteiger partial charge in [-0.3, -0.25) is 4.79 Å². The summed E-state index contributed by atoms with van der Waals surface area (Å²) in [6.45, 7) is 0. The van der Waals surface area contributed by atoms with Gasteiger partial charge in [-0.05, 0) is 35.9 Å². The lowest BCUT2D eigenvalue weighted by atomic mass is 10.1. The van der Waals surface area contributed by atoms with Crippen molar-refractivity contribution in [1.29, 1.82) is 0 Å². The number of hydrazone groups is 1. The normalized spacial score (nSPS) is 11.7. The molecule has 0 unspecified atom stereocenters. The van der Waals surface area contributed by atoms with E-state index in [0.29, 0.717) is 5.02 Å². The number of hydrogen-bond acceptors (Lipinski definition) is 3. The van der Waals surface area contributed by atoms with E-state index in [1.54, 1.807) is 0 Å². The van der Waals surface area contributed by atoms with E-state index in [-0.39, 0.29) is 16.8 Å². The highest BCUT2D eigenvalue weighted by Crippen LogP contribution is 2.34. The van der Waals surface area contributed by atoms with Crippen LogP contribution in [-0.2, 0) is 6.18 Å². The number of alkyl halides is 3. The summed E-state index contributed by atoms with van der Waals surface area (Å²) in [7, 11) is 0. The molecule has 0 radical (unpaired) electrons. The van der Waals surface area contributed by atoms with E-state index in [2.05, 4.69) is 10.5 Å². The van der Waals surface area contributed by atoms with Crippen molar-refractivity contribution in [2.24, 2.45) is 5.10 Å². The molecular weight excluding hydrogens is 366 g/mol. The van der Waals surface area contributed by atoms with Crippen LogP contribution in [0.2, 0.25) is 10.0 Å². The summed E-state index contributed by atoms with van der Waals surface area (Å²) in [5.74, 6) is -0.642. The van der Waals surface area contributed by atoms with Crippen molar-refractivity contribution in [3.05, 3.63) is 63.1 Å². The predicted octanol–water partition coefficient (Wildman–Crippen LogP) is 4.36. The highest BCUT2D eigenvalue weighted by molar-refractivity contribution is 6.31. The van der Waals surface area contributed by atoms with E-state index < -0.39 is 22.7 Å². The Morgan fingerprint density at radius 1 is 1.17 bits per heavy atom. The third-order valence-electron chi connectivity index (χ3n) is 2.94. The molecule has 4 nitrogen and oxygen atoms in total. The number of nitrogens with zero attached hydrogens (tertiary/aromatic N) is 1. The van der Waals surface area contributed by atoms with Crippen LogP contribution in [0.25, 0.3) is 0 Å². The van der Waals surface area contributed by atoms with Gasteiger partial charge in [-0.25, -0.2) is 5.43 Å². The lowest BCUT2D eigenvalue weighted by Gasteiger charge is -2.09. The zero-order chi connectivity index (χ0) is 17.9. The van der Waals surface area contributed by atoms with Gasteiger partial charge >= 0.3 is 6.18 Å². The van der Waals surface area contributed by atoms with Crippen molar-refractivity contribution in [2.45, 2.75) is 6.18 Å². The van der Waals surface area contributed by atoms with Crippen molar-refractivity contribution in [3.8, 4) is 0 Å². The Bertz CT molecular complexity index is 807. The van der Waals surface area contributed by atoms with E-state index in [4.69, 9.17) is 28.9 Å². The molecule has 0 aliphatic rings. The molecule has 3 N–H and O–H groups in total. The van der Waals surface area contributed by atoms with Crippen LogP contribution in [0, 0.1) is 0 Å². The Morgan fingerprint density at radius 2 is 1.88 bits per heavy atom. The van der Waals surface area contributed by atoms with Crippen LogP contribution >= 0.6 is 23.2 Å². The number of rotatable bonds is 3. The molecule has 0 fully saturated rings. The minimum Gasteiger partial charge on any atom is -0.398 e. The molecule has 0 saturated heterocycles. The SMILES string of the molecule is Nc1ccc(Cl)cc1C(=O)NN=Cc1ccc(Cl)c(C(F)(F)F)c1. The summed E-state index contributed by atoms with van der Waals surface area (Å²) < 4.78 is 38.3. The van der Waals surface area contributed by atoms with Crippen LogP contribution < -0.4 is 11.2 Å². The number of carbonyl (C=O) groups is 1. The van der Waals surface area contributed by atoms with Gasteiger partial charge in [-0.2, -0.15) is 18.3 Å². The molecule has 24 heavy (non-hydrogen) atoms. The van der Waals surface area contributed by atoms with Gasteiger partial charge in [-0.1, -0.05) is 29.3 Å². The first-order chi connectivity index (χ1) is 11.2. The topological polar surface area (TPSA) is 67.5 Å². The Labute approximate surface area is 145 Å². The molecule has 126 valence electrons. The molecule has 0 aliphatic carbocycles. The van der Waals surface area contributed by atoms with Crippen LogP contribution in [-0.4, -0.2) is 12.1 Å². The van der Waals surface area contributed by atoms with Gasteiger partial charge in [0, 0.05) is 10.7 Å². The maximum atomic E-state index is 12.8. The second-order valence-corrected chi connectivity index (χ2v) is 5.51. The van der Waals surface area contributed by atoms with E-state index >= 15 is 0 Å². The highest BCUT2D eigenvalue weighted by atomic mass is 35.5. The Morgan fingerprint density at radius 3 is 2.54 bits per heavy atom. The van der Waals surface area contributed by atoms with Crippen LogP contribution in [0.1, 0.15) is 21.5 Å². The first-order valence-corrected chi connectivity index (χ1v) is 7.19.